The van der Waals surface area contributed by atoms with Gasteiger partial charge in [-0.15, -0.1) is 0 Å². The quantitative estimate of drug-likeness (QED) is 0.890. The molecule has 0 radical (unpaired) electrons. The maximum Gasteiger partial charge on any atom is 0.143 e. The summed E-state index contributed by atoms with van der Waals surface area (Å²) < 4.78 is 12.5. The normalized spacial score (nSPS) is 10.4. The topological polar surface area (TPSA) is 62.3 Å². The molecule has 1 heterocycles. The predicted octanol–water partition coefficient (Wildman–Crippen LogP) is 1.56. The number of hydrogen-bond donors (Lipinski definition) is 1. The highest BCUT2D eigenvalue weighted by molar-refractivity contribution is 5.66. The van der Waals surface area contributed by atoms with Crippen LogP contribution in [0.25, 0.3) is 11.4 Å². The van der Waals surface area contributed by atoms with Crippen molar-refractivity contribution in [2.24, 2.45) is 12.8 Å². The molecule has 96 valence electrons. The van der Waals surface area contributed by atoms with E-state index in [4.69, 9.17) is 15.2 Å². The van der Waals surface area contributed by atoms with Gasteiger partial charge in [-0.25, -0.2) is 4.98 Å². The van der Waals surface area contributed by atoms with E-state index in [2.05, 4.69) is 4.98 Å². The van der Waals surface area contributed by atoms with E-state index in [-0.39, 0.29) is 0 Å². The summed E-state index contributed by atoms with van der Waals surface area (Å²) in [7, 11) is 5.20. The first-order valence-corrected chi connectivity index (χ1v) is 5.64. The number of benzene rings is 1. The molecule has 0 fully saturated rings. The Morgan fingerprint density at radius 2 is 2.06 bits per heavy atom. The molecular weight excluding hydrogens is 230 g/mol. The molecule has 0 amide bonds. The molecule has 0 saturated heterocycles. The van der Waals surface area contributed by atoms with Crippen LogP contribution >= 0.6 is 0 Å². The molecule has 1 aromatic heterocycles. The smallest absolute Gasteiger partial charge is 0.143 e. The molecule has 0 saturated carbocycles. The van der Waals surface area contributed by atoms with Gasteiger partial charge in [-0.1, -0.05) is 0 Å². The van der Waals surface area contributed by atoms with Gasteiger partial charge in [-0.2, -0.15) is 0 Å². The second-order valence-electron chi connectivity index (χ2n) is 3.90. The van der Waals surface area contributed by atoms with Gasteiger partial charge in [0, 0.05) is 19.7 Å². The van der Waals surface area contributed by atoms with E-state index in [0.717, 1.165) is 28.6 Å². The molecule has 5 heteroatoms. The van der Waals surface area contributed by atoms with Crippen LogP contribution in [0.1, 0.15) is 5.69 Å². The molecule has 2 rings (SSSR count). The van der Waals surface area contributed by atoms with Gasteiger partial charge in [0.15, 0.2) is 0 Å². The van der Waals surface area contributed by atoms with Crippen LogP contribution in [0.2, 0.25) is 0 Å². The number of nitrogens with two attached hydrogens (primary N) is 1. The SMILES string of the molecule is COc1ccc(-c2ncc(CN)n2C)c(OC)c1. The fraction of sp³-hybridized carbons (Fsp3) is 0.308. The van der Waals surface area contributed by atoms with Crippen molar-refractivity contribution in [3.05, 3.63) is 30.1 Å². The lowest BCUT2D eigenvalue weighted by Crippen LogP contribution is -2.04. The second kappa shape index (κ2) is 5.10. The van der Waals surface area contributed by atoms with Gasteiger partial charge in [0.1, 0.15) is 17.3 Å². The summed E-state index contributed by atoms with van der Waals surface area (Å²) in [6, 6.07) is 5.65. The summed E-state index contributed by atoms with van der Waals surface area (Å²) in [5.41, 5.74) is 7.54. The summed E-state index contributed by atoms with van der Waals surface area (Å²) in [5.74, 6) is 2.31. The van der Waals surface area contributed by atoms with Gasteiger partial charge in [0.05, 0.1) is 31.7 Å². The Hall–Kier alpha value is -2.01. The molecule has 2 aromatic rings. The average Bonchev–Trinajstić information content (AvgIpc) is 2.78. The van der Waals surface area contributed by atoms with E-state index < -0.39 is 0 Å². The highest BCUT2D eigenvalue weighted by atomic mass is 16.5. The van der Waals surface area contributed by atoms with E-state index >= 15 is 0 Å². The number of rotatable bonds is 4. The number of aromatic nitrogens is 2. The standard InChI is InChI=1S/C13H17N3O2/c1-16-9(7-14)8-15-13(16)11-5-4-10(17-2)6-12(11)18-3/h4-6,8H,7,14H2,1-3H3. The molecule has 18 heavy (non-hydrogen) atoms. The molecule has 0 bridgehead atoms. The molecule has 0 aliphatic carbocycles. The molecule has 2 N–H and O–H groups in total. The van der Waals surface area contributed by atoms with Crippen molar-refractivity contribution >= 4 is 0 Å². The monoisotopic (exact) mass is 247 g/mol. The van der Waals surface area contributed by atoms with Gasteiger partial charge in [0.2, 0.25) is 0 Å². The molecule has 0 unspecified atom stereocenters. The molecular formula is C13H17N3O2. The van der Waals surface area contributed by atoms with E-state index in [1.54, 1.807) is 20.4 Å². The van der Waals surface area contributed by atoms with Gasteiger partial charge in [-0.05, 0) is 12.1 Å². The zero-order valence-corrected chi connectivity index (χ0v) is 10.8. The third-order valence-corrected chi connectivity index (χ3v) is 2.94. The van der Waals surface area contributed by atoms with E-state index in [0.29, 0.717) is 6.54 Å². The van der Waals surface area contributed by atoms with Gasteiger partial charge in [-0.3, -0.25) is 0 Å². The van der Waals surface area contributed by atoms with Gasteiger partial charge in [0.25, 0.3) is 0 Å². The number of ether oxygens (including phenoxy) is 2. The predicted molar refractivity (Wildman–Crippen MR) is 69.6 cm³/mol. The van der Waals surface area contributed by atoms with Crippen LogP contribution in [0.5, 0.6) is 11.5 Å². The zero-order valence-electron chi connectivity index (χ0n) is 10.8. The van der Waals surface area contributed by atoms with Crippen LogP contribution in [-0.2, 0) is 13.6 Å². The highest BCUT2D eigenvalue weighted by Crippen LogP contribution is 2.32. The molecule has 0 atom stereocenters. The van der Waals surface area contributed by atoms with Crippen LogP contribution in [0.4, 0.5) is 0 Å². The first-order valence-electron chi connectivity index (χ1n) is 5.64. The van der Waals surface area contributed by atoms with Crippen LogP contribution in [0.3, 0.4) is 0 Å². The summed E-state index contributed by atoms with van der Waals surface area (Å²) in [5, 5.41) is 0. The number of methoxy groups -OCH3 is 2. The van der Waals surface area contributed by atoms with E-state index in [1.165, 1.54) is 0 Å². The minimum Gasteiger partial charge on any atom is -0.497 e. The Morgan fingerprint density at radius 1 is 1.28 bits per heavy atom. The highest BCUT2D eigenvalue weighted by Gasteiger charge is 2.13. The largest absolute Gasteiger partial charge is 0.497 e. The lowest BCUT2D eigenvalue weighted by Gasteiger charge is -2.11. The Labute approximate surface area is 106 Å². The fourth-order valence-electron chi connectivity index (χ4n) is 1.87. The van der Waals surface area contributed by atoms with Crippen molar-refractivity contribution in [1.82, 2.24) is 9.55 Å². The Balaban J connectivity index is 2.52. The Morgan fingerprint density at radius 3 is 2.61 bits per heavy atom. The lowest BCUT2D eigenvalue weighted by atomic mass is 10.1. The van der Waals surface area contributed by atoms with Crippen LogP contribution in [0, 0.1) is 0 Å². The Kier molecular flexibility index (Phi) is 3.53. The first-order chi connectivity index (χ1) is 8.71. The van der Waals surface area contributed by atoms with Crippen molar-refractivity contribution in [1.29, 1.82) is 0 Å². The fourth-order valence-corrected chi connectivity index (χ4v) is 1.87. The number of nitrogens with zero attached hydrogens (tertiary/aromatic N) is 2. The van der Waals surface area contributed by atoms with Crippen LogP contribution < -0.4 is 15.2 Å². The van der Waals surface area contributed by atoms with Crippen molar-refractivity contribution in [2.75, 3.05) is 14.2 Å². The van der Waals surface area contributed by atoms with Crippen LogP contribution in [-0.4, -0.2) is 23.8 Å². The summed E-state index contributed by atoms with van der Waals surface area (Å²) in [6.07, 6.45) is 1.78. The average molecular weight is 247 g/mol. The second-order valence-corrected chi connectivity index (χ2v) is 3.90. The molecule has 1 aromatic carbocycles. The van der Waals surface area contributed by atoms with E-state index in [9.17, 15) is 0 Å². The number of hydrogen-bond acceptors (Lipinski definition) is 4. The van der Waals surface area contributed by atoms with Crippen LogP contribution in [0.15, 0.2) is 24.4 Å². The lowest BCUT2D eigenvalue weighted by molar-refractivity contribution is 0.395. The summed E-state index contributed by atoms with van der Waals surface area (Å²) >= 11 is 0. The van der Waals surface area contributed by atoms with Crippen molar-refractivity contribution in [2.45, 2.75) is 6.54 Å². The first kappa shape index (κ1) is 12.4. The maximum atomic E-state index is 5.65. The molecule has 0 spiro atoms. The minimum absolute atomic E-state index is 0.460. The molecule has 0 aliphatic heterocycles. The Bertz CT molecular complexity index is 549. The minimum atomic E-state index is 0.460. The maximum absolute atomic E-state index is 5.65. The molecule has 5 nitrogen and oxygen atoms in total. The van der Waals surface area contributed by atoms with E-state index in [1.807, 2.05) is 29.8 Å². The third-order valence-electron chi connectivity index (χ3n) is 2.94. The van der Waals surface area contributed by atoms with Crippen molar-refractivity contribution in [3.63, 3.8) is 0 Å². The summed E-state index contributed by atoms with van der Waals surface area (Å²) in [4.78, 5) is 4.38. The third kappa shape index (κ3) is 2.04. The van der Waals surface area contributed by atoms with Crippen molar-refractivity contribution < 1.29 is 9.47 Å². The van der Waals surface area contributed by atoms with Gasteiger partial charge < -0.3 is 19.8 Å². The zero-order chi connectivity index (χ0) is 13.1. The molecule has 0 aliphatic rings. The van der Waals surface area contributed by atoms with Crippen molar-refractivity contribution in [3.8, 4) is 22.9 Å². The summed E-state index contributed by atoms with van der Waals surface area (Å²) in [6.45, 7) is 0.460. The number of imidazole rings is 1. The van der Waals surface area contributed by atoms with Gasteiger partial charge >= 0.3 is 0 Å².